The van der Waals surface area contributed by atoms with Crippen LogP contribution in [0.25, 0.3) is 0 Å². The SMILES string of the molecule is CCCCCCCCCc1cc(C)c(O)c(C(C)=O)c1. The van der Waals surface area contributed by atoms with E-state index in [-0.39, 0.29) is 11.5 Å². The first kappa shape index (κ1) is 16.7. The van der Waals surface area contributed by atoms with Crippen molar-refractivity contribution in [2.45, 2.75) is 72.1 Å². The van der Waals surface area contributed by atoms with Crippen molar-refractivity contribution in [1.82, 2.24) is 0 Å². The average Bonchev–Trinajstić information content (AvgIpc) is 2.41. The molecule has 0 heterocycles. The first-order valence-corrected chi connectivity index (χ1v) is 7.89. The maximum atomic E-state index is 11.5. The van der Waals surface area contributed by atoms with E-state index in [0.717, 1.165) is 18.4 Å². The second kappa shape index (κ2) is 8.78. The van der Waals surface area contributed by atoms with Crippen molar-refractivity contribution < 1.29 is 9.90 Å². The van der Waals surface area contributed by atoms with Gasteiger partial charge in [0.25, 0.3) is 0 Å². The molecule has 0 fully saturated rings. The summed E-state index contributed by atoms with van der Waals surface area (Å²) in [5, 5.41) is 9.86. The molecule has 0 saturated carbocycles. The maximum absolute atomic E-state index is 11.5. The predicted octanol–water partition coefficient (Wildman–Crippen LogP) is 5.20. The summed E-state index contributed by atoms with van der Waals surface area (Å²) >= 11 is 0. The molecule has 0 unspecified atom stereocenters. The van der Waals surface area contributed by atoms with E-state index in [4.69, 9.17) is 0 Å². The molecular weight excluding hydrogens is 248 g/mol. The lowest BCUT2D eigenvalue weighted by Crippen LogP contribution is -1.98. The fourth-order valence-electron chi connectivity index (χ4n) is 2.55. The molecule has 1 N–H and O–H groups in total. The van der Waals surface area contributed by atoms with Gasteiger partial charge in [0.15, 0.2) is 5.78 Å². The maximum Gasteiger partial charge on any atom is 0.163 e. The first-order chi connectivity index (χ1) is 9.56. The van der Waals surface area contributed by atoms with Gasteiger partial charge in [-0.2, -0.15) is 0 Å². The van der Waals surface area contributed by atoms with E-state index >= 15 is 0 Å². The number of phenols is 1. The minimum absolute atomic E-state index is 0.0629. The van der Waals surface area contributed by atoms with Crippen LogP contribution in [0.3, 0.4) is 0 Å². The molecule has 0 aliphatic heterocycles. The van der Waals surface area contributed by atoms with Gasteiger partial charge in [-0.25, -0.2) is 0 Å². The van der Waals surface area contributed by atoms with Crippen LogP contribution in [0.4, 0.5) is 0 Å². The highest BCUT2D eigenvalue weighted by atomic mass is 16.3. The third-order valence-corrected chi connectivity index (χ3v) is 3.81. The molecule has 0 radical (unpaired) electrons. The van der Waals surface area contributed by atoms with Crippen LogP contribution < -0.4 is 0 Å². The van der Waals surface area contributed by atoms with Crippen LogP contribution in [0, 0.1) is 6.92 Å². The number of ketones is 1. The number of hydrogen-bond donors (Lipinski definition) is 1. The third-order valence-electron chi connectivity index (χ3n) is 3.81. The standard InChI is InChI=1S/C18H28O2/c1-4-5-6-7-8-9-10-11-16-12-14(2)18(20)17(13-16)15(3)19/h12-13,20H,4-11H2,1-3H3. The van der Waals surface area contributed by atoms with E-state index < -0.39 is 0 Å². The van der Waals surface area contributed by atoms with Crippen molar-refractivity contribution in [3.05, 3.63) is 28.8 Å². The van der Waals surface area contributed by atoms with E-state index in [1.807, 2.05) is 19.1 Å². The zero-order chi connectivity index (χ0) is 15.0. The summed E-state index contributed by atoms with van der Waals surface area (Å²) < 4.78 is 0. The highest BCUT2D eigenvalue weighted by molar-refractivity contribution is 5.97. The smallest absolute Gasteiger partial charge is 0.163 e. The van der Waals surface area contributed by atoms with Crippen molar-refractivity contribution in [2.75, 3.05) is 0 Å². The molecule has 0 atom stereocenters. The van der Waals surface area contributed by atoms with Gasteiger partial charge in [0.2, 0.25) is 0 Å². The fraction of sp³-hybridized carbons (Fsp3) is 0.611. The zero-order valence-electron chi connectivity index (χ0n) is 13.2. The topological polar surface area (TPSA) is 37.3 Å². The quantitative estimate of drug-likeness (QED) is 0.497. The molecule has 0 aliphatic carbocycles. The lowest BCUT2D eigenvalue weighted by atomic mass is 9.98. The van der Waals surface area contributed by atoms with Crippen LogP contribution in [0.2, 0.25) is 0 Å². The minimum atomic E-state index is -0.0629. The lowest BCUT2D eigenvalue weighted by molar-refractivity contribution is 0.101. The van der Waals surface area contributed by atoms with E-state index in [0.29, 0.717) is 5.56 Å². The van der Waals surface area contributed by atoms with Crippen LogP contribution in [0.1, 0.15) is 80.3 Å². The molecular formula is C18H28O2. The summed E-state index contributed by atoms with van der Waals surface area (Å²) in [4.78, 5) is 11.5. The number of unbranched alkanes of at least 4 members (excludes halogenated alkanes) is 6. The number of hydrogen-bond acceptors (Lipinski definition) is 2. The Morgan fingerprint density at radius 1 is 1.05 bits per heavy atom. The Morgan fingerprint density at radius 3 is 2.25 bits per heavy atom. The summed E-state index contributed by atoms with van der Waals surface area (Å²) in [5.41, 5.74) is 2.43. The van der Waals surface area contributed by atoms with Gasteiger partial charge in [-0.15, -0.1) is 0 Å². The third kappa shape index (κ3) is 5.36. The minimum Gasteiger partial charge on any atom is -0.507 e. The Hall–Kier alpha value is -1.31. The second-order valence-electron chi connectivity index (χ2n) is 5.74. The van der Waals surface area contributed by atoms with E-state index in [2.05, 4.69) is 6.92 Å². The number of phenolic OH excluding ortho intramolecular Hbond substituents is 1. The van der Waals surface area contributed by atoms with Gasteiger partial charge in [0.05, 0.1) is 5.56 Å². The van der Waals surface area contributed by atoms with Crippen LogP contribution in [0.15, 0.2) is 12.1 Å². The van der Waals surface area contributed by atoms with Crippen LogP contribution in [-0.2, 0) is 6.42 Å². The normalized spacial score (nSPS) is 10.8. The summed E-state index contributed by atoms with van der Waals surface area (Å²) in [6.45, 7) is 5.60. The summed E-state index contributed by atoms with van der Waals surface area (Å²) in [6, 6.07) is 3.85. The molecule has 1 rings (SSSR count). The Balaban J connectivity index is 2.43. The summed E-state index contributed by atoms with van der Waals surface area (Å²) in [7, 11) is 0. The van der Waals surface area contributed by atoms with Gasteiger partial charge in [0, 0.05) is 0 Å². The first-order valence-electron chi connectivity index (χ1n) is 7.89. The highest BCUT2D eigenvalue weighted by Gasteiger charge is 2.10. The fourth-order valence-corrected chi connectivity index (χ4v) is 2.55. The predicted molar refractivity (Wildman–Crippen MR) is 84.5 cm³/mol. The molecule has 1 aromatic carbocycles. The highest BCUT2D eigenvalue weighted by Crippen LogP contribution is 2.25. The molecule has 2 heteroatoms. The Bertz CT molecular complexity index is 435. The molecule has 0 aliphatic rings. The van der Waals surface area contributed by atoms with E-state index in [9.17, 15) is 9.90 Å². The van der Waals surface area contributed by atoms with Gasteiger partial charge in [-0.1, -0.05) is 51.5 Å². The van der Waals surface area contributed by atoms with Crippen LogP contribution >= 0.6 is 0 Å². The van der Waals surface area contributed by atoms with E-state index in [1.165, 1.54) is 51.0 Å². The lowest BCUT2D eigenvalue weighted by Gasteiger charge is -2.09. The average molecular weight is 276 g/mol. The summed E-state index contributed by atoms with van der Waals surface area (Å²) in [6.07, 6.45) is 10.0. The number of aryl methyl sites for hydroxylation is 2. The molecule has 0 aromatic heterocycles. The molecule has 0 amide bonds. The largest absolute Gasteiger partial charge is 0.507 e. The van der Waals surface area contributed by atoms with Crippen molar-refractivity contribution in [2.24, 2.45) is 0 Å². The molecule has 0 bridgehead atoms. The van der Waals surface area contributed by atoms with Gasteiger partial charge in [0.1, 0.15) is 5.75 Å². The van der Waals surface area contributed by atoms with Crippen LogP contribution in [-0.4, -0.2) is 10.9 Å². The van der Waals surface area contributed by atoms with Gasteiger partial charge in [-0.3, -0.25) is 4.79 Å². The van der Waals surface area contributed by atoms with Crippen molar-refractivity contribution in [3.8, 4) is 5.75 Å². The van der Waals surface area contributed by atoms with Gasteiger partial charge in [-0.05, 0) is 43.9 Å². The molecule has 0 saturated heterocycles. The number of Topliss-reactive ketones (excluding diaryl/α,β-unsaturated/α-hetero) is 1. The number of benzene rings is 1. The molecule has 1 aromatic rings. The Kier molecular flexibility index (Phi) is 7.35. The number of rotatable bonds is 9. The molecule has 0 spiro atoms. The van der Waals surface area contributed by atoms with Crippen molar-refractivity contribution in [1.29, 1.82) is 0 Å². The Morgan fingerprint density at radius 2 is 1.65 bits per heavy atom. The van der Waals surface area contributed by atoms with Crippen molar-refractivity contribution in [3.63, 3.8) is 0 Å². The van der Waals surface area contributed by atoms with Gasteiger partial charge >= 0.3 is 0 Å². The number of carbonyl (C=O) groups is 1. The monoisotopic (exact) mass is 276 g/mol. The van der Waals surface area contributed by atoms with E-state index in [1.54, 1.807) is 0 Å². The zero-order valence-corrected chi connectivity index (χ0v) is 13.2. The summed E-state index contributed by atoms with van der Waals surface area (Å²) in [5.74, 6) is 0.0767. The van der Waals surface area contributed by atoms with Crippen LogP contribution in [0.5, 0.6) is 5.75 Å². The van der Waals surface area contributed by atoms with Crippen molar-refractivity contribution >= 4 is 5.78 Å². The number of carbonyl (C=O) groups excluding carboxylic acids is 1. The van der Waals surface area contributed by atoms with Gasteiger partial charge < -0.3 is 5.11 Å². The molecule has 20 heavy (non-hydrogen) atoms. The molecule has 2 nitrogen and oxygen atoms in total. The molecule has 112 valence electrons. The number of aromatic hydroxyl groups is 1. The second-order valence-corrected chi connectivity index (χ2v) is 5.74. The Labute approximate surface area is 123 Å².